The Hall–Kier alpha value is -3.85. The van der Waals surface area contributed by atoms with Crippen molar-refractivity contribution in [3.63, 3.8) is 0 Å². The fourth-order valence-corrected chi connectivity index (χ4v) is 7.48. The summed E-state index contributed by atoms with van der Waals surface area (Å²) in [7, 11) is 0. The van der Waals surface area contributed by atoms with E-state index in [1.54, 1.807) is 24.4 Å². The number of nitrogens with one attached hydrogen (secondary N) is 1. The summed E-state index contributed by atoms with van der Waals surface area (Å²) in [5.41, 5.74) is 3.50. The van der Waals surface area contributed by atoms with E-state index in [0.29, 0.717) is 45.6 Å². The minimum absolute atomic E-state index is 0.00151. The van der Waals surface area contributed by atoms with E-state index in [0.717, 1.165) is 33.9 Å². The van der Waals surface area contributed by atoms with Crippen LogP contribution < -0.4 is 19.5 Å². The molecule has 0 saturated carbocycles. The van der Waals surface area contributed by atoms with Crippen molar-refractivity contribution < 1.29 is 39.4 Å². The van der Waals surface area contributed by atoms with E-state index >= 15 is 0 Å². The van der Waals surface area contributed by atoms with Crippen molar-refractivity contribution >= 4 is 44.9 Å². The quantitative estimate of drug-likeness (QED) is 0.0525. The average Bonchev–Trinajstić information content (AvgIpc) is 3.15. The summed E-state index contributed by atoms with van der Waals surface area (Å²) in [6, 6.07) is 18.5. The van der Waals surface area contributed by atoms with E-state index in [-0.39, 0.29) is 58.5 Å². The van der Waals surface area contributed by atoms with Crippen molar-refractivity contribution in [3.8, 4) is 34.4 Å². The van der Waals surface area contributed by atoms with Gasteiger partial charge in [-0.1, -0.05) is 11.6 Å². The van der Waals surface area contributed by atoms with Gasteiger partial charge in [-0.3, -0.25) is 15.1 Å². The van der Waals surface area contributed by atoms with Crippen molar-refractivity contribution in [2.75, 3.05) is 26.4 Å². The van der Waals surface area contributed by atoms with Crippen molar-refractivity contribution in [3.05, 3.63) is 105 Å². The number of halogens is 2. The van der Waals surface area contributed by atoms with Crippen LogP contribution in [0.3, 0.4) is 0 Å². The zero-order chi connectivity index (χ0) is 37.7. The zero-order valence-corrected chi connectivity index (χ0v) is 32.2. The molecule has 0 unspecified atom stereocenters. The molecular weight excluding hydrogens is 772 g/mol. The first-order valence-corrected chi connectivity index (χ1v) is 19.6. The molecule has 0 spiro atoms. The number of aliphatic carboxylic acids is 1. The van der Waals surface area contributed by atoms with Gasteiger partial charge in [0.25, 0.3) is 0 Å². The molecule has 1 radical (unpaired) electrons. The van der Waals surface area contributed by atoms with Gasteiger partial charge in [0.05, 0.1) is 17.2 Å². The fraction of sp³-hybridized carbons (Fsp3) is 0.342. The Balaban J connectivity index is 1.53. The van der Waals surface area contributed by atoms with Gasteiger partial charge in [-0.05, 0) is 19.1 Å². The molecule has 4 rings (SSSR count). The maximum absolute atomic E-state index is 11.8. The summed E-state index contributed by atoms with van der Waals surface area (Å²) in [4.78, 5) is 15.9. The molecular formula is C38H41AsCl2N3O8. The molecule has 0 bridgehead atoms. The third-order valence-electron chi connectivity index (χ3n) is 8.34. The topological polar surface area (TPSA) is 174 Å². The Morgan fingerprint density at radius 2 is 1.69 bits per heavy atom. The number of hydrogen-bond donors (Lipinski definition) is 5. The Labute approximate surface area is 319 Å². The second kappa shape index (κ2) is 19.8. The van der Waals surface area contributed by atoms with Crippen LogP contribution in [0.2, 0.25) is 20.0 Å². The second-order valence-corrected chi connectivity index (χ2v) is 16.2. The number of benzene rings is 3. The summed E-state index contributed by atoms with van der Waals surface area (Å²) in [5.74, 6) is 0.0446. The van der Waals surface area contributed by atoms with E-state index in [1.807, 2.05) is 43.3 Å². The molecule has 1 heterocycles. The van der Waals surface area contributed by atoms with E-state index in [4.69, 9.17) is 37.4 Å². The summed E-state index contributed by atoms with van der Waals surface area (Å²) >= 11 is 13.4. The molecule has 1 aromatic heterocycles. The van der Waals surface area contributed by atoms with Crippen LogP contribution in [0.25, 0.3) is 11.1 Å². The second-order valence-electron chi connectivity index (χ2n) is 12.1. The monoisotopic (exact) mass is 812 g/mol. The predicted octanol–water partition coefficient (Wildman–Crippen LogP) is 5.98. The number of pyridine rings is 1. The fourth-order valence-electron chi connectivity index (χ4n) is 5.05. The van der Waals surface area contributed by atoms with Gasteiger partial charge in [-0.25, -0.2) is 0 Å². The number of carboxylic acids is 1. The standard InChI is InChI=1S/C38H41AsCl2N3O8/c1-24-27(6-3-7-30(24)31-8-4-9-33(36(31)41)50-11-5-10-39-29(19-45)20-46)22-52-35-14-34(51-21-26-12-25(15-42)16-43-17-26)28(13-32(35)40)18-44-38(2,23-47)37(48)49/h3-4,6-9,12-14,16-17,29,44-47H,5,10-11,18-23H2,1-2H3,(H,48,49)/t38-/m1/s1. The minimum atomic E-state index is -1.60. The number of carbonyl (C=O) groups is 1. The van der Waals surface area contributed by atoms with Crippen LogP contribution in [-0.4, -0.2) is 79.1 Å². The van der Waals surface area contributed by atoms with Gasteiger partial charge in [0.2, 0.25) is 0 Å². The predicted molar refractivity (Wildman–Crippen MR) is 199 cm³/mol. The van der Waals surface area contributed by atoms with Gasteiger partial charge in [0.15, 0.2) is 0 Å². The van der Waals surface area contributed by atoms with Gasteiger partial charge < -0.3 is 14.9 Å². The summed E-state index contributed by atoms with van der Waals surface area (Å²) < 4.78 is 18.4. The number of aliphatic hydroxyl groups excluding tert-OH is 3. The SMILES string of the molecule is Cc1c(COc2cc(OCc3cncc(C#N)c3)c(CN[C@](C)(CO)C(=O)O)cc2Cl)cccc1-c1cccc(OCCC[As]C(CO)CO)c1Cl. The maximum atomic E-state index is 11.8. The van der Waals surface area contributed by atoms with Crippen molar-refractivity contribution in [1.82, 2.24) is 10.3 Å². The molecule has 5 N–H and O–H groups in total. The number of aromatic nitrogens is 1. The molecule has 0 fully saturated rings. The number of aliphatic hydroxyl groups is 3. The third kappa shape index (κ3) is 10.8. The van der Waals surface area contributed by atoms with E-state index in [1.165, 1.54) is 13.1 Å². The molecule has 4 aromatic rings. The van der Waals surface area contributed by atoms with Crippen molar-refractivity contribution in [2.45, 2.75) is 55.5 Å². The van der Waals surface area contributed by atoms with E-state index < -0.39 is 18.1 Å². The number of carboxylic acid groups (broad SMARTS) is 1. The number of rotatable bonds is 20. The molecule has 52 heavy (non-hydrogen) atoms. The van der Waals surface area contributed by atoms with Crippen molar-refractivity contribution in [2.24, 2.45) is 0 Å². The van der Waals surface area contributed by atoms with E-state index in [2.05, 4.69) is 16.4 Å². The molecule has 3 aromatic carbocycles. The summed E-state index contributed by atoms with van der Waals surface area (Å²) in [6.07, 6.45) is 3.83. The average molecular weight is 814 g/mol. The molecule has 0 amide bonds. The number of nitriles is 1. The normalized spacial score (nSPS) is 12.5. The Morgan fingerprint density at radius 1 is 0.962 bits per heavy atom. The van der Waals surface area contributed by atoms with Crippen LogP contribution in [0.5, 0.6) is 17.2 Å². The number of hydrogen-bond acceptors (Lipinski definition) is 10. The van der Waals surface area contributed by atoms with Gasteiger partial charge in [-0.2, -0.15) is 5.26 Å². The Morgan fingerprint density at radius 3 is 2.40 bits per heavy atom. The van der Waals surface area contributed by atoms with Gasteiger partial charge >= 0.3 is 172 Å². The van der Waals surface area contributed by atoms with Crippen molar-refractivity contribution in [1.29, 1.82) is 5.26 Å². The molecule has 14 heteroatoms. The van der Waals surface area contributed by atoms with Crippen LogP contribution in [0, 0.1) is 18.3 Å². The molecule has 0 saturated heterocycles. The summed E-state index contributed by atoms with van der Waals surface area (Å²) in [5, 5.41) is 51.7. The van der Waals surface area contributed by atoms with Crippen LogP contribution in [0.1, 0.15) is 41.2 Å². The Bertz CT molecular complexity index is 1870. The number of nitrogens with zero attached hydrogens (tertiary/aromatic N) is 2. The third-order valence-corrected chi connectivity index (χ3v) is 12.0. The van der Waals surface area contributed by atoms with Gasteiger partial charge in [0, 0.05) is 36.1 Å². The van der Waals surface area contributed by atoms with E-state index in [9.17, 15) is 30.5 Å². The van der Waals surface area contributed by atoms with Gasteiger partial charge in [-0.15, -0.1) is 0 Å². The first-order chi connectivity index (χ1) is 25.0. The van der Waals surface area contributed by atoms with Crippen LogP contribution in [0.15, 0.2) is 67.0 Å². The first-order valence-electron chi connectivity index (χ1n) is 16.4. The van der Waals surface area contributed by atoms with Crippen LogP contribution in [0.4, 0.5) is 0 Å². The molecule has 0 aliphatic heterocycles. The molecule has 0 aliphatic carbocycles. The molecule has 11 nitrogen and oxygen atoms in total. The van der Waals surface area contributed by atoms with Crippen LogP contribution >= 0.6 is 23.2 Å². The van der Waals surface area contributed by atoms with Gasteiger partial charge in [0.1, 0.15) is 29.7 Å². The Kier molecular flexibility index (Phi) is 15.6. The first kappa shape index (κ1) is 40.9. The van der Waals surface area contributed by atoms with Crippen LogP contribution in [-0.2, 0) is 24.6 Å². The summed E-state index contributed by atoms with van der Waals surface area (Å²) in [6.45, 7) is 3.42. The number of ether oxygens (including phenoxy) is 3. The zero-order valence-electron chi connectivity index (χ0n) is 28.8. The molecule has 1 atom stereocenters. The molecule has 275 valence electrons. The molecule has 0 aliphatic rings.